The second kappa shape index (κ2) is 7.44. The van der Waals surface area contributed by atoms with E-state index in [0.29, 0.717) is 23.3 Å². The summed E-state index contributed by atoms with van der Waals surface area (Å²) in [5, 5.41) is 3.62. The Hall–Kier alpha value is -1.11. The van der Waals surface area contributed by atoms with Crippen molar-refractivity contribution in [2.75, 3.05) is 44.6 Å². The maximum Gasteiger partial charge on any atom is 0.193 e. The number of thioether (sulfide) groups is 1. The summed E-state index contributed by atoms with van der Waals surface area (Å²) in [5.41, 5.74) is 6.91. The van der Waals surface area contributed by atoms with Crippen LogP contribution in [0.5, 0.6) is 5.75 Å². The van der Waals surface area contributed by atoms with Crippen molar-refractivity contribution in [2.24, 2.45) is 10.7 Å². The van der Waals surface area contributed by atoms with Crippen LogP contribution in [0.1, 0.15) is 6.42 Å². The number of nitrogens with one attached hydrogen (secondary N) is 1. The number of aliphatic imine (C=N–C) groups is 1. The van der Waals surface area contributed by atoms with Crippen LogP contribution in [-0.2, 0) is 0 Å². The van der Waals surface area contributed by atoms with E-state index >= 15 is 0 Å². The van der Waals surface area contributed by atoms with Gasteiger partial charge in [0.25, 0.3) is 0 Å². The highest BCUT2D eigenvalue weighted by molar-refractivity contribution is 7.99. The molecule has 1 aromatic carbocycles. The molecule has 0 bridgehead atoms. The summed E-state index contributed by atoms with van der Waals surface area (Å²) < 4.78 is 5.13. The van der Waals surface area contributed by atoms with E-state index in [0.717, 1.165) is 17.9 Å². The third-order valence-corrected chi connectivity index (χ3v) is 5.53. The molecule has 3 N–H and O–H groups in total. The van der Waals surface area contributed by atoms with E-state index in [9.17, 15) is 0 Å². The first-order valence-electron chi connectivity index (χ1n) is 7.12. The molecule has 1 aromatic rings. The Balaban J connectivity index is 2.02. The number of rotatable bonds is 5. The second-order valence-corrected chi connectivity index (χ2v) is 7.11. The molecule has 1 saturated heterocycles. The summed E-state index contributed by atoms with van der Waals surface area (Å²) in [4.78, 5) is 6.78. The smallest absolute Gasteiger partial charge is 0.193 e. The fourth-order valence-corrected chi connectivity index (χ4v) is 4.18. The summed E-state index contributed by atoms with van der Waals surface area (Å²) in [6.45, 7) is 0.690. The molecule has 0 amide bonds. The van der Waals surface area contributed by atoms with Gasteiger partial charge in [-0.15, -0.1) is 0 Å². The normalized spacial score (nSPS) is 22.1. The Morgan fingerprint density at radius 2 is 2.32 bits per heavy atom. The third kappa shape index (κ3) is 4.00. The van der Waals surface area contributed by atoms with Crippen molar-refractivity contribution in [3.8, 4) is 5.75 Å². The Morgan fingerprint density at radius 3 is 2.86 bits per heavy atom. The van der Waals surface area contributed by atoms with Crippen LogP contribution in [0.4, 0.5) is 5.69 Å². The van der Waals surface area contributed by atoms with Gasteiger partial charge in [-0.05, 0) is 44.5 Å². The zero-order chi connectivity index (χ0) is 16.2. The lowest BCUT2D eigenvalue weighted by Gasteiger charge is -2.34. The number of hydrogen-bond donors (Lipinski definition) is 2. The zero-order valence-corrected chi connectivity index (χ0v) is 14.8. The minimum absolute atomic E-state index is 0.106. The molecule has 0 radical (unpaired) electrons. The Labute approximate surface area is 141 Å². The summed E-state index contributed by atoms with van der Waals surface area (Å²) in [7, 11) is 5.80. The summed E-state index contributed by atoms with van der Waals surface area (Å²) in [6, 6.07) is 5.43. The van der Waals surface area contributed by atoms with Gasteiger partial charge in [-0.3, -0.25) is 4.99 Å². The lowest BCUT2D eigenvalue weighted by Crippen LogP contribution is -2.47. The molecule has 5 nitrogen and oxygen atoms in total. The molecule has 1 atom stereocenters. The average Bonchev–Trinajstić information content (AvgIpc) is 2.96. The molecule has 7 heteroatoms. The Morgan fingerprint density at radius 1 is 1.55 bits per heavy atom. The maximum absolute atomic E-state index is 6.10. The Bertz CT molecular complexity index is 544. The SMILES string of the molecule is COc1ccc(NC(N)=NCC2(N(C)C)CCSC2)cc1Cl. The topological polar surface area (TPSA) is 62.9 Å². The molecule has 2 rings (SSSR count). The molecule has 1 aliphatic rings. The van der Waals surface area contributed by atoms with E-state index < -0.39 is 0 Å². The molecule has 0 spiro atoms. The quantitative estimate of drug-likeness (QED) is 0.636. The van der Waals surface area contributed by atoms with Crippen LogP contribution < -0.4 is 15.8 Å². The maximum atomic E-state index is 6.10. The number of anilines is 1. The van der Waals surface area contributed by atoms with Gasteiger partial charge in [0.05, 0.1) is 18.7 Å². The van der Waals surface area contributed by atoms with Gasteiger partial charge in [-0.25, -0.2) is 0 Å². The fourth-order valence-electron chi connectivity index (χ4n) is 2.38. The first-order chi connectivity index (χ1) is 10.5. The average molecular weight is 343 g/mol. The van der Waals surface area contributed by atoms with Gasteiger partial charge >= 0.3 is 0 Å². The van der Waals surface area contributed by atoms with Gasteiger partial charge in [0.15, 0.2) is 5.96 Å². The van der Waals surface area contributed by atoms with Gasteiger partial charge in [0.2, 0.25) is 0 Å². The largest absolute Gasteiger partial charge is 0.495 e. The minimum Gasteiger partial charge on any atom is -0.495 e. The van der Waals surface area contributed by atoms with Crippen LogP contribution in [0.3, 0.4) is 0 Å². The molecule has 0 aliphatic carbocycles. The fraction of sp³-hybridized carbons (Fsp3) is 0.533. The van der Waals surface area contributed by atoms with Gasteiger partial charge in [0.1, 0.15) is 5.75 Å². The minimum atomic E-state index is 0.106. The van der Waals surface area contributed by atoms with Gasteiger partial charge < -0.3 is 20.7 Å². The number of methoxy groups -OCH3 is 1. The van der Waals surface area contributed by atoms with E-state index in [-0.39, 0.29) is 5.54 Å². The molecule has 1 aliphatic heterocycles. The highest BCUT2D eigenvalue weighted by atomic mass is 35.5. The number of likely N-dealkylation sites (N-methyl/N-ethyl adjacent to an activating group) is 1. The number of hydrogen-bond acceptors (Lipinski definition) is 4. The molecule has 1 heterocycles. The van der Waals surface area contributed by atoms with E-state index in [1.165, 1.54) is 5.75 Å². The van der Waals surface area contributed by atoms with Crippen molar-refractivity contribution in [1.29, 1.82) is 0 Å². The number of halogens is 1. The number of nitrogens with two attached hydrogens (primary N) is 1. The van der Waals surface area contributed by atoms with E-state index in [1.54, 1.807) is 19.2 Å². The lowest BCUT2D eigenvalue weighted by molar-refractivity contribution is 0.190. The Kier molecular flexibility index (Phi) is 5.83. The van der Waals surface area contributed by atoms with Crippen LogP contribution in [0, 0.1) is 0 Å². The monoisotopic (exact) mass is 342 g/mol. The van der Waals surface area contributed by atoms with Crippen molar-refractivity contribution < 1.29 is 4.74 Å². The van der Waals surface area contributed by atoms with E-state index in [1.807, 2.05) is 17.8 Å². The van der Waals surface area contributed by atoms with Crippen molar-refractivity contribution >= 4 is 35.0 Å². The molecule has 1 unspecified atom stereocenters. The predicted molar refractivity (Wildman–Crippen MR) is 96.5 cm³/mol. The molecular weight excluding hydrogens is 320 g/mol. The highest BCUT2D eigenvalue weighted by Crippen LogP contribution is 2.32. The highest BCUT2D eigenvalue weighted by Gasteiger charge is 2.36. The van der Waals surface area contributed by atoms with Crippen LogP contribution >= 0.6 is 23.4 Å². The molecular formula is C15H23ClN4OS. The number of ether oxygens (including phenoxy) is 1. The number of nitrogens with zero attached hydrogens (tertiary/aromatic N) is 2. The molecule has 122 valence electrons. The van der Waals surface area contributed by atoms with Crippen molar-refractivity contribution in [2.45, 2.75) is 12.0 Å². The second-order valence-electron chi connectivity index (χ2n) is 5.60. The number of benzene rings is 1. The van der Waals surface area contributed by atoms with Gasteiger partial charge in [0, 0.05) is 17.0 Å². The predicted octanol–water partition coefficient (Wildman–Crippen LogP) is 2.51. The van der Waals surface area contributed by atoms with E-state index in [4.69, 9.17) is 22.1 Å². The van der Waals surface area contributed by atoms with Gasteiger partial charge in [-0.2, -0.15) is 11.8 Å². The van der Waals surface area contributed by atoms with Crippen LogP contribution in [0.25, 0.3) is 0 Å². The molecule has 0 aromatic heterocycles. The standard InChI is InChI=1S/C15H23ClN4OS/c1-20(2)15(6-7-22-10-15)9-18-14(17)19-11-4-5-13(21-3)12(16)8-11/h4-5,8H,6-7,9-10H2,1-3H3,(H3,17,18,19). The summed E-state index contributed by atoms with van der Waals surface area (Å²) in [5.74, 6) is 3.30. The van der Waals surface area contributed by atoms with Crippen molar-refractivity contribution in [3.63, 3.8) is 0 Å². The van der Waals surface area contributed by atoms with Crippen molar-refractivity contribution in [1.82, 2.24) is 4.90 Å². The zero-order valence-electron chi connectivity index (χ0n) is 13.2. The molecule has 22 heavy (non-hydrogen) atoms. The van der Waals surface area contributed by atoms with Crippen LogP contribution in [0.2, 0.25) is 5.02 Å². The molecule has 1 fully saturated rings. The van der Waals surface area contributed by atoms with Gasteiger partial charge in [-0.1, -0.05) is 11.6 Å². The first kappa shape index (κ1) is 17.2. The summed E-state index contributed by atoms with van der Waals surface area (Å²) >= 11 is 8.07. The van der Waals surface area contributed by atoms with Crippen molar-refractivity contribution in [3.05, 3.63) is 23.2 Å². The summed E-state index contributed by atoms with van der Waals surface area (Å²) in [6.07, 6.45) is 1.13. The number of guanidine groups is 1. The first-order valence-corrected chi connectivity index (χ1v) is 8.66. The molecule has 0 saturated carbocycles. The van der Waals surface area contributed by atoms with Crippen LogP contribution in [-0.4, -0.2) is 55.7 Å². The lowest BCUT2D eigenvalue weighted by atomic mass is 9.98. The van der Waals surface area contributed by atoms with Crippen LogP contribution in [0.15, 0.2) is 23.2 Å². The third-order valence-electron chi connectivity index (χ3n) is 4.00. The van der Waals surface area contributed by atoms with E-state index in [2.05, 4.69) is 29.3 Å².